The summed E-state index contributed by atoms with van der Waals surface area (Å²) in [4.78, 5) is 13.8. The number of rotatable bonds is 4. The number of aromatic nitrogens is 2. The molecule has 0 saturated carbocycles. The summed E-state index contributed by atoms with van der Waals surface area (Å²) >= 11 is 0. The number of pyridine rings is 2. The predicted octanol–water partition coefficient (Wildman–Crippen LogP) is 2.39. The first-order valence-electron chi connectivity index (χ1n) is 8.32. The molecule has 126 valence electrons. The molecule has 2 aromatic heterocycles. The smallest absolute Gasteiger partial charge is 0.129 e. The zero-order valence-electron chi connectivity index (χ0n) is 14.7. The van der Waals surface area contributed by atoms with Crippen LogP contribution >= 0.6 is 0 Å². The second-order valence-electron chi connectivity index (χ2n) is 6.24. The van der Waals surface area contributed by atoms with Crippen molar-refractivity contribution >= 4 is 11.5 Å². The molecule has 3 rings (SSSR count). The molecule has 0 amide bonds. The Kier molecular flexibility index (Phi) is 4.81. The molecule has 3 heterocycles. The molecule has 1 N–H and O–H groups in total. The van der Waals surface area contributed by atoms with E-state index in [-0.39, 0.29) is 0 Å². The molecular formula is C19H25N5. The van der Waals surface area contributed by atoms with Gasteiger partial charge in [0.2, 0.25) is 0 Å². The van der Waals surface area contributed by atoms with E-state index in [0.717, 1.165) is 60.1 Å². The monoisotopic (exact) mass is 323 g/mol. The van der Waals surface area contributed by atoms with Crippen LogP contribution in [-0.2, 0) is 0 Å². The van der Waals surface area contributed by atoms with Crippen LogP contribution in [0.4, 0.5) is 5.82 Å². The van der Waals surface area contributed by atoms with Crippen LogP contribution in [0, 0.1) is 6.92 Å². The lowest BCUT2D eigenvalue weighted by atomic mass is 9.98. The van der Waals surface area contributed by atoms with Crippen molar-refractivity contribution in [2.24, 2.45) is 0 Å². The third-order valence-electron chi connectivity index (χ3n) is 4.64. The van der Waals surface area contributed by atoms with E-state index in [2.05, 4.69) is 45.9 Å². The minimum Gasteiger partial charge on any atom is -0.388 e. The van der Waals surface area contributed by atoms with Crippen molar-refractivity contribution < 1.29 is 0 Å². The van der Waals surface area contributed by atoms with Gasteiger partial charge in [-0.15, -0.1) is 0 Å². The number of anilines is 1. The minimum atomic E-state index is 0.866. The fourth-order valence-electron chi connectivity index (χ4n) is 3.02. The lowest BCUT2D eigenvalue weighted by Gasteiger charge is -2.33. The molecule has 2 aromatic rings. The molecular weight excluding hydrogens is 298 g/mol. The first-order chi connectivity index (χ1) is 11.6. The molecule has 1 fully saturated rings. The van der Waals surface area contributed by atoms with Gasteiger partial charge in [-0.1, -0.05) is 12.6 Å². The van der Waals surface area contributed by atoms with E-state index in [0.29, 0.717) is 0 Å². The van der Waals surface area contributed by atoms with Crippen molar-refractivity contribution in [1.29, 1.82) is 0 Å². The van der Waals surface area contributed by atoms with Gasteiger partial charge in [-0.25, -0.2) is 4.98 Å². The van der Waals surface area contributed by atoms with Gasteiger partial charge in [0.05, 0.1) is 0 Å². The first kappa shape index (κ1) is 16.5. The standard InChI is InChI=1S/C19H25N5/c1-14(20-3)18-13-22-19(24-10-8-23(4)9-11-24)12-17(18)16-6-5-7-21-15(16)2/h5-7,12-13,20H,1,8-11H2,2-4H3. The van der Waals surface area contributed by atoms with Crippen LogP contribution in [0.25, 0.3) is 16.8 Å². The van der Waals surface area contributed by atoms with Crippen LogP contribution in [0.2, 0.25) is 0 Å². The fraction of sp³-hybridized carbons (Fsp3) is 0.368. The van der Waals surface area contributed by atoms with Gasteiger partial charge in [-0.3, -0.25) is 4.98 Å². The van der Waals surface area contributed by atoms with E-state index in [1.54, 1.807) is 0 Å². The normalized spacial score (nSPS) is 15.4. The van der Waals surface area contributed by atoms with Gasteiger partial charge in [0, 0.05) is 68.1 Å². The molecule has 5 heteroatoms. The van der Waals surface area contributed by atoms with Gasteiger partial charge in [0.25, 0.3) is 0 Å². The highest BCUT2D eigenvalue weighted by Gasteiger charge is 2.18. The Labute approximate surface area is 144 Å². The second-order valence-corrected chi connectivity index (χ2v) is 6.24. The van der Waals surface area contributed by atoms with Crippen LogP contribution in [0.5, 0.6) is 0 Å². The van der Waals surface area contributed by atoms with Crippen LogP contribution in [0.1, 0.15) is 11.3 Å². The summed E-state index contributed by atoms with van der Waals surface area (Å²) < 4.78 is 0. The lowest BCUT2D eigenvalue weighted by Crippen LogP contribution is -2.44. The Morgan fingerprint density at radius 1 is 1.17 bits per heavy atom. The maximum Gasteiger partial charge on any atom is 0.129 e. The van der Waals surface area contributed by atoms with Crippen molar-refractivity contribution in [2.45, 2.75) is 6.92 Å². The average Bonchev–Trinajstić information content (AvgIpc) is 2.62. The van der Waals surface area contributed by atoms with Crippen LogP contribution in [0.15, 0.2) is 37.2 Å². The number of hydrogen-bond acceptors (Lipinski definition) is 5. The van der Waals surface area contributed by atoms with E-state index in [9.17, 15) is 0 Å². The van der Waals surface area contributed by atoms with Gasteiger partial charge in [0.15, 0.2) is 0 Å². The van der Waals surface area contributed by atoms with Crippen molar-refractivity contribution in [3.05, 3.63) is 48.4 Å². The van der Waals surface area contributed by atoms with Crippen LogP contribution < -0.4 is 10.2 Å². The molecule has 5 nitrogen and oxygen atoms in total. The van der Waals surface area contributed by atoms with E-state index in [1.165, 1.54) is 0 Å². The Bertz CT molecular complexity index is 732. The van der Waals surface area contributed by atoms with Crippen LogP contribution in [0.3, 0.4) is 0 Å². The number of hydrogen-bond donors (Lipinski definition) is 1. The number of nitrogens with zero attached hydrogens (tertiary/aromatic N) is 4. The molecule has 0 spiro atoms. The summed E-state index contributed by atoms with van der Waals surface area (Å²) in [5, 5.41) is 3.14. The topological polar surface area (TPSA) is 44.3 Å². The summed E-state index contributed by atoms with van der Waals surface area (Å²) in [5.74, 6) is 1.02. The number of piperazine rings is 1. The molecule has 0 bridgehead atoms. The Morgan fingerprint density at radius 2 is 1.92 bits per heavy atom. The molecule has 0 radical (unpaired) electrons. The maximum atomic E-state index is 4.70. The molecule has 1 saturated heterocycles. The highest BCUT2D eigenvalue weighted by molar-refractivity contribution is 5.82. The lowest BCUT2D eigenvalue weighted by molar-refractivity contribution is 0.312. The molecule has 0 aromatic carbocycles. The summed E-state index contributed by atoms with van der Waals surface area (Å²) in [6.45, 7) is 10.3. The van der Waals surface area contributed by atoms with Gasteiger partial charge >= 0.3 is 0 Å². The van der Waals surface area contributed by atoms with Gasteiger partial charge in [0.1, 0.15) is 5.82 Å². The summed E-state index contributed by atoms with van der Waals surface area (Å²) in [6, 6.07) is 6.26. The largest absolute Gasteiger partial charge is 0.388 e. The Balaban J connectivity index is 2.04. The van der Waals surface area contributed by atoms with Gasteiger partial charge in [-0.05, 0) is 31.7 Å². The van der Waals surface area contributed by atoms with Crippen molar-refractivity contribution in [3.8, 4) is 11.1 Å². The zero-order chi connectivity index (χ0) is 17.1. The zero-order valence-corrected chi connectivity index (χ0v) is 14.7. The molecule has 1 aliphatic rings. The third-order valence-corrected chi connectivity index (χ3v) is 4.64. The second kappa shape index (κ2) is 7.01. The Morgan fingerprint density at radius 3 is 2.58 bits per heavy atom. The predicted molar refractivity (Wildman–Crippen MR) is 100 cm³/mol. The summed E-state index contributed by atoms with van der Waals surface area (Å²) in [7, 11) is 4.05. The van der Waals surface area contributed by atoms with Gasteiger partial charge in [-0.2, -0.15) is 0 Å². The van der Waals surface area contributed by atoms with E-state index in [4.69, 9.17) is 4.98 Å². The van der Waals surface area contributed by atoms with Crippen molar-refractivity contribution in [3.63, 3.8) is 0 Å². The van der Waals surface area contributed by atoms with Gasteiger partial charge < -0.3 is 15.1 Å². The SMILES string of the molecule is C=C(NC)c1cnc(N2CCN(C)CC2)cc1-c1cccnc1C. The first-order valence-corrected chi connectivity index (χ1v) is 8.32. The summed E-state index contributed by atoms with van der Waals surface area (Å²) in [6.07, 6.45) is 3.75. The van der Waals surface area contributed by atoms with E-state index >= 15 is 0 Å². The third kappa shape index (κ3) is 3.26. The minimum absolute atomic E-state index is 0.866. The molecule has 0 aliphatic carbocycles. The van der Waals surface area contributed by atoms with Crippen molar-refractivity contribution in [2.75, 3.05) is 45.2 Å². The highest BCUT2D eigenvalue weighted by atomic mass is 15.3. The maximum absolute atomic E-state index is 4.70. The van der Waals surface area contributed by atoms with Crippen molar-refractivity contribution in [1.82, 2.24) is 20.2 Å². The quantitative estimate of drug-likeness (QED) is 0.936. The average molecular weight is 323 g/mol. The Hall–Kier alpha value is -2.40. The molecule has 1 aliphatic heterocycles. The van der Waals surface area contributed by atoms with Crippen LogP contribution in [-0.4, -0.2) is 55.1 Å². The number of nitrogens with one attached hydrogen (secondary N) is 1. The molecule has 0 atom stereocenters. The summed E-state index contributed by atoms with van der Waals surface area (Å²) in [5.41, 5.74) is 5.15. The van der Waals surface area contributed by atoms with E-state index < -0.39 is 0 Å². The molecule has 0 unspecified atom stereocenters. The highest BCUT2D eigenvalue weighted by Crippen LogP contribution is 2.31. The number of likely N-dealkylation sites (N-methyl/N-ethyl adjacent to an activating group) is 1. The van der Waals surface area contributed by atoms with E-state index in [1.807, 2.05) is 32.4 Å². The fourth-order valence-corrected chi connectivity index (χ4v) is 3.02. The molecule has 24 heavy (non-hydrogen) atoms. The number of aryl methyl sites for hydroxylation is 1.